The number of carboxylic acid groups (broad SMARTS) is 1. The molecule has 2 aromatic rings. The molecule has 5 unspecified atom stereocenters. The van der Waals surface area contributed by atoms with Crippen LogP contribution in [0.25, 0.3) is 0 Å². The molecule has 0 aliphatic heterocycles. The fourth-order valence-electron chi connectivity index (χ4n) is 3.23. The van der Waals surface area contributed by atoms with E-state index < -0.39 is 47.9 Å². The molecule has 0 aliphatic rings. The number of aromatic amines is 2. The van der Waals surface area contributed by atoms with Crippen molar-refractivity contribution in [2.75, 3.05) is 5.75 Å². The van der Waals surface area contributed by atoms with Gasteiger partial charge in [-0.05, 0) is 5.92 Å². The first-order valence-electron chi connectivity index (χ1n) is 11.1. The van der Waals surface area contributed by atoms with Crippen molar-refractivity contribution in [1.82, 2.24) is 35.9 Å². The van der Waals surface area contributed by atoms with Crippen molar-refractivity contribution >= 4 is 36.3 Å². The molecule has 192 valence electrons. The third-order valence-corrected chi connectivity index (χ3v) is 5.90. The van der Waals surface area contributed by atoms with Crippen molar-refractivity contribution in [1.29, 1.82) is 0 Å². The van der Waals surface area contributed by atoms with E-state index in [0.717, 1.165) is 0 Å². The number of nitrogens with zero attached hydrogens (tertiary/aromatic N) is 2. The predicted molar refractivity (Wildman–Crippen MR) is 129 cm³/mol. The van der Waals surface area contributed by atoms with Gasteiger partial charge < -0.3 is 36.8 Å². The lowest BCUT2D eigenvalue weighted by atomic mass is 9.99. The summed E-state index contributed by atoms with van der Waals surface area (Å²) in [6.45, 7) is 3.51. The number of aromatic nitrogens is 4. The first-order valence-corrected chi connectivity index (χ1v) is 11.7. The fourth-order valence-corrected chi connectivity index (χ4v) is 3.49. The van der Waals surface area contributed by atoms with Crippen LogP contribution in [0.5, 0.6) is 0 Å². The summed E-state index contributed by atoms with van der Waals surface area (Å²) < 4.78 is 0. The number of hydrogen-bond acceptors (Lipinski definition) is 8. The third kappa shape index (κ3) is 8.40. The van der Waals surface area contributed by atoms with E-state index in [1.807, 2.05) is 6.92 Å². The highest BCUT2D eigenvalue weighted by Crippen LogP contribution is 2.09. The summed E-state index contributed by atoms with van der Waals surface area (Å²) in [7, 11) is 0. The van der Waals surface area contributed by atoms with Gasteiger partial charge in [-0.15, -0.1) is 0 Å². The maximum Gasteiger partial charge on any atom is 0.326 e. The van der Waals surface area contributed by atoms with E-state index in [0.29, 0.717) is 17.8 Å². The summed E-state index contributed by atoms with van der Waals surface area (Å²) in [5.74, 6) is -3.51. The monoisotopic (exact) mass is 508 g/mol. The van der Waals surface area contributed by atoms with Gasteiger partial charge >= 0.3 is 5.97 Å². The summed E-state index contributed by atoms with van der Waals surface area (Å²) in [5, 5.41) is 17.1. The molecule has 0 saturated carbocycles. The van der Waals surface area contributed by atoms with E-state index >= 15 is 0 Å². The second kappa shape index (κ2) is 13.5. The Bertz CT molecular complexity index is 969. The van der Waals surface area contributed by atoms with Gasteiger partial charge in [0.2, 0.25) is 17.7 Å². The van der Waals surface area contributed by atoms with E-state index in [9.17, 15) is 24.3 Å². The topological polar surface area (TPSA) is 208 Å². The van der Waals surface area contributed by atoms with Crippen LogP contribution in [0.4, 0.5) is 0 Å². The van der Waals surface area contributed by atoms with Crippen LogP contribution in [0.3, 0.4) is 0 Å². The average molecular weight is 509 g/mol. The van der Waals surface area contributed by atoms with E-state index in [-0.39, 0.29) is 24.5 Å². The van der Waals surface area contributed by atoms with E-state index in [4.69, 9.17) is 5.73 Å². The van der Waals surface area contributed by atoms with Crippen molar-refractivity contribution in [2.24, 2.45) is 11.7 Å². The average Bonchev–Trinajstić information content (AvgIpc) is 3.53. The normalized spacial score (nSPS) is 15.3. The summed E-state index contributed by atoms with van der Waals surface area (Å²) in [6, 6.07) is -4.29. The van der Waals surface area contributed by atoms with Crippen molar-refractivity contribution in [2.45, 2.75) is 57.3 Å². The quantitative estimate of drug-likeness (QED) is 0.144. The molecule has 14 heteroatoms. The highest BCUT2D eigenvalue weighted by atomic mass is 32.1. The molecule has 5 atom stereocenters. The lowest BCUT2D eigenvalue weighted by Crippen LogP contribution is -2.58. The Morgan fingerprint density at radius 2 is 1.51 bits per heavy atom. The number of aliphatic carboxylic acids is 1. The van der Waals surface area contributed by atoms with Gasteiger partial charge in [-0.25, -0.2) is 14.8 Å². The molecular weight excluding hydrogens is 476 g/mol. The van der Waals surface area contributed by atoms with Crippen LogP contribution >= 0.6 is 12.6 Å². The standard InChI is InChI=1S/C21H32N8O5S/c1-3-11(2)17(21(33)34)29-20(32)16(8-35)28-19(31)15(5-13-7-24-10-26-13)27-18(30)14(22)4-12-6-23-9-25-12/h6-7,9-11,14-17,35H,3-5,8,22H2,1-2H3,(H,23,25)(H,24,26)(H,27,30)(H,28,31)(H,29,32)(H,33,34). The van der Waals surface area contributed by atoms with Gasteiger partial charge in [-0.2, -0.15) is 12.6 Å². The molecule has 8 N–H and O–H groups in total. The third-order valence-electron chi connectivity index (χ3n) is 5.54. The largest absolute Gasteiger partial charge is 0.480 e. The Morgan fingerprint density at radius 3 is 2.00 bits per heavy atom. The number of nitrogens with two attached hydrogens (primary N) is 1. The predicted octanol–water partition coefficient (Wildman–Crippen LogP) is -1.24. The number of amides is 3. The molecule has 0 fully saturated rings. The molecule has 35 heavy (non-hydrogen) atoms. The molecular formula is C21H32N8O5S. The minimum absolute atomic E-state index is 0.0554. The Morgan fingerprint density at radius 1 is 0.971 bits per heavy atom. The Kier molecular flexibility index (Phi) is 10.7. The van der Waals surface area contributed by atoms with Crippen LogP contribution < -0.4 is 21.7 Å². The number of thiol groups is 1. The van der Waals surface area contributed by atoms with E-state index in [1.165, 1.54) is 18.9 Å². The fraction of sp³-hybridized carbons (Fsp3) is 0.524. The zero-order valence-electron chi connectivity index (χ0n) is 19.5. The number of H-pyrrole nitrogens is 2. The zero-order chi connectivity index (χ0) is 26.0. The van der Waals surface area contributed by atoms with Crippen LogP contribution in [0.1, 0.15) is 31.7 Å². The summed E-state index contributed by atoms with van der Waals surface area (Å²) >= 11 is 4.13. The number of rotatable bonds is 14. The number of carbonyl (C=O) groups is 4. The van der Waals surface area contributed by atoms with Crippen molar-refractivity contribution in [3.63, 3.8) is 0 Å². The van der Waals surface area contributed by atoms with Crippen molar-refractivity contribution < 1.29 is 24.3 Å². The number of carboxylic acids is 1. The number of imidazole rings is 2. The molecule has 0 aliphatic carbocycles. The summed E-state index contributed by atoms with van der Waals surface area (Å²) in [5.41, 5.74) is 7.21. The first kappa shape index (κ1) is 27.9. The van der Waals surface area contributed by atoms with Crippen LogP contribution in [-0.2, 0) is 32.0 Å². The molecule has 2 rings (SSSR count). The molecule has 13 nitrogen and oxygen atoms in total. The maximum absolute atomic E-state index is 13.1. The molecule has 2 aromatic heterocycles. The maximum atomic E-state index is 13.1. The van der Waals surface area contributed by atoms with E-state index in [1.54, 1.807) is 13.1 Å². The van der Waals surface area contributed by atoms with Crippen molar-refractivity contribution in [3.8, 4) is 0 Å². The lowest BCUT2D eigenvalue weighted by Gasteiger charge is -2.25. The minimum Gasteiger partial charge on any atom is -0.480 e. The van der Waals surface area contributed by atoms with Gasteiger partial charge in [0.1, 0.15) is 18.1 Å². The molecule has 0 radical (unpaired) electrons. The van der Waals surface area contributed by atoms with Gasteiger partial charge in [-0.1, -0.05) is 20.3 Å². The smallest absolute Gasteiger partial charge is 0.326 e. The van der Waals surface area contributed by atoms with Crippen molar-refractivity contribution in [3.05, 3.63) is 36.4 Å². The highest BCUT2D eigenvalue weighted by Gasteiger charge is 2.31. The van der Waals surface area contributed by atoms with E-state index in [2.05, 4.69) is 48.5 Å². The molecule has 0 aromatic carbocycles. The minimum atomic E-state index is -1.17. The van der Waals surface area contributed by atoms with Gasteiger partial charge in [-0.3, -0.25) is 14.4 Å². The molecule has 2 heterocycles. The van der Waals surface area contributed by atoms with Crippen LogP contribution in [0.15, 0.2) is 25.0 Å². The van der Waals surface area contributed by atoms with Gasteiger partial charge in [0.05, 0.1) is 18.7 Å². The van der Waals surface area contributed by atoms with Crippen LogP contribution in [0.2, 0.25) is 0 Å². The first-order chi connectivity index (χ1) is 16.7. The summed E-state index contributed by atoms with van der Waals surface area (Å²) in [4.78, 5) is 63.6. The second-order valence-corrected chi connectivity index (χ2v) is 8.55. The summed E-state index contributed by atoms with van der Waals surface area (Å²) in [6.07, 6.45) is 6.71. The number of nitrogens with one attached hydrogen (secondary N) is 5. The highest BCUT2D eigenvalue weighted by molar-refractivity contribution is 7.80. The van der Waals surface area contributed by atoms with Crippen LogP contribution in [0, 0.1) is 5.92 Å². The Hall–Kier alpha value is -3.39. The Balaban J connectivity index is 2.10. The van der Waals surface area contributed by atoms with Gasteiger partial charge in [0.15, 0.2) is 0 Å². The SMILES string of the molecule is CCC(C)C(NC(=O)C(CS)NC(=O)C(Cc1cnc[nH]1)NC(=O)C(N)Cc1cnc[nH]1)C(=O)O. The second-order valence-electron chi connectivity index (χ2n) is 8.18. The van der Waals surface area contributed by atoms with Gasteiger partial charge in [0.25, 0.3) is 0 Å². The zero-order valence-corrected chi connectivity index (χ0v) is 20.4. The Labute approximate surface area is 207 Å². The molecule has 0 bridgehead atoms. The lowest BCUT2D eigenvalue weighted by molar-refractivity contribution is -0.143. The molecule has 3 amide bonds. The molecule has 0 spiro atoms. The van der Waals surface area contributed by atoms with Gasteiger partial charge in [0, 0.05) is 42.4 Å². The van der Waals surface area contributed by atoms with Crippen LogP contribution in [-0.4, -0.2) is 78.7 Å². The number of carbonyl (C=O) groups excluding carboxylic acids is 3. The number of hydrogen-bond donors (Lipinski definition) is 8. The molecule has 0 saturated heterocycles.